The normalized spacial score (nSPS) is 22.5. The first kappa shape index (κ1) is 19.6. The summed E-state index contributed by atoms with van der Waals surface area (Å²) >= 11 is 0. The maximum atomic E-state index is 13.0. The third-order valence-corrected chi connectivity index (χ3v) is 5.61. The van der Waals surface area contributed by atoms with Crippen LogP contribution >= 0.6 is 12.4 Å². The average Bonchev–Trinajstić information content (AvgIpc) is 3.10. The van der Waals surface area contributed by atoms with Crippen molar-refractivity contribution in [1.29, 1.82) is 0 Å². The van der Waals surface area contributed by atoms with Crippen LogP contribution in [-0.4, -0.2) is 59.0 Å². The number of rotatable bonds is 4. The minimum atomic E-state index is -0.109. The van der Waals surface area contributed by atoms with Crippen LogP contribution in [-0.2, 0) is 4.79 Å². The summed E-state index contributed by atoms with van der Waals surface area (Å²) < 4.78 is 5.34. The van der Waals surface area contributed by atoms with Gasteiger partial charge in [0.15, 0.2) is 0 Å². The second-order valence-corrected chi connectivity index (χ2v) is 7.16. The Kier molecular flexibility index (Phi) is 6.01. The highest BCUT2D eigenvalue weighted by atomic mass is 35.5. The van der Waals surface area contributed by atoms with Crippen molar-refractivity contribution in [3.63, 3.8) is 0 Å². The third kappa shape index (κ3) is 3.66. The molecule has 2 atom stereocenters. The second-order valence-electron chi connectivity index (χ2n) is 7.16. The fraction of sp³-hybridized carbons (Fsp3) is 0.526. The molecular weight excluding hydrogens is 368 g/mol. The number of benzene rings is 1. The van der Waals surface area contributed by atoms with Gasteiger partial charge in [-0.25, -0.2) is 0 Å². The minimum absolute atomic E-state index is 0. The van der Waals surface area contributed by atoms with Gasteiger partial charge >= 0.3 is 0 Å². The Morgan fingerprint density at radius 1 is 1.30 bits per heavy atom. The van der Waals surface area contributed by atoms with Gasteiger partial charge in [-0.15, -0.1) is 12.4 Å². The lowest BCUT2D eigenvalue weighted by molar-refractivity contribution is -0.140. The molecule has 2 saturated heterocycles. The lowest BCUT2D eigenvalue weighted by Crippen LogP contribution is -2.57. The lowest BCUT2D eigenvalue weighted by atomic mass is 9.83. The molecule has 0 bridgehead atoms. The number of fused-ring (bicyclic) bond motifs is 2. The number of hydrogen-bond donors (Lipinski definition) is 1. The monoisotopic (exact) mass is 392 g/mol. The van der Waals surface area contributed by atoms with Gasteiger partial charge in [0.05, 0.1) is 5.39 Å². The van der Waals surface area contributed by atoms with Crippen molar-refractivity contribution >= 4 is 35.1 Å². The van der Waals surface area contributed by atoms with Crippen LogP contribution in [0.5, 0.6) is 0 Å². The summed E-state index contributed by atoms with van der Waals surface area (Å²) in [6, 6.07) is 7.67. The van der Waals surface area contributed by atoms with Crippen LogP contribution in [0.25, 0.3) is 10.9 Å². The van der Waals surface area contributed by atoms with E-state index < -0.39 is 0 Å². The molecule has 7 nitrogen and oxygen atoms in total. The minimum Gasteiger partial charge on any atom is -0.350 e. The summed E-state index contributed by atoms with van der Waals surface area (Å²) in [5, 5.41) is 4.74. The van der Waals surface area contributed by atoms with E-state index in [1.54, 1.807) is 0 Å². The fourth-order valence-electron chi connectivity index (χ4n) is 4.27. The van der Waals surface area contributed by atoms with Crippen molar-refractivity contribution in [2.45, 2.75) is 31.7 Å². The van der Waals surface area contributed by atoms with Crippen LogP contribution in [0.4, 0.5) is 0 Å². The summed E-state index contributed by atoms with van der Waals surface area (Å²) in [5.74, 6) is 0.742. The molecule has 3 heterocycles. The number of amides is 2. The Balaban J connectivity index is 0.00000210. The summed E-state index contributed by atoms with van der Waals surface area (Å²) in [6.45, 7) is 2.59. The summed E-state index contributed by atoms with van der Waals surface area (Å²) in [4.78, 5) is 29.1. The van der Waals surface area contributed by atoms with Gasteiger partial charge in [-0.05, 0) is 43.9 Å². The fourth-order valence-corrected chi connectivity index (χ4v) is 4.27. The second kappa shape index (κ2) is 8.27. The lowest BCUT2D eigenvalue weighted by Gasteiger charge is -2.47. The van der Waals surface area contributed by atoms with Crippen LogP contribution in [0.1, 0.15) is 36.2 Å². The zero-order chi connectivity index (χ0) is 18.1. The number of halogens is 1. The molecular formula is C19H25ClN4O3. The van der Waals surface area contributed by atoms with Crippen LogP contribution < -0.4 is 5.73 Å². The molecule has 2 aromatic rings. The van der Waals surface area contributed by atoms with Crippen molar-refractivity contribution in [2.24, 2.45) is 11.7 Å². The van der Waals surface area contributed by atoms with Gasteiger partial charge in [0.25, 0.3) is 5.91 Å². The Morgan fingerprint density at radius 2 is 2.11 bits per heavy atom. The van der Waals surface area contributed by atoms with E-state index in [1.165, 1.54) is 0 Å². The number of carbonyl (C=O) groups is 2. The Bertz CT molecular complexity index is 824. The maximum Gasteiger partial charge on any atom is 0.293 e. The molecule has 2 amide bonds. The summed E-state index contributed by atoms with van der Waals surface area (Å²) in [6.07, 6.45) is 3.02. The smallest absolute Gasteiger partial charge is 0.293 e. The van der Waals surface area contributed by atoms with E-state index in [1.807, 2.05) is 34.1 Å². The molecule has 2 fully saturated rings. The molecule has 0 radical (unpaired) electrons. The van der Waals surface area contributed by atoms with Gasteiger partial charge in [-0.1, -0.05) is 17.3 Å². The first-order chi connectivity index (χ1) is 12.7. The first-order valence-electron chi connectivity index (χ1n) is 9.32. The van der Waals surface area contributed by atoms with Crippen molar-refractivity contribution in [2.75, 3.05) is 26.2 Å². The molecule has 2 aliphatic rings. The largest absolute Gasteiger partial charge is 0.350 e. The number of hydrogen-bond acceptors (Lipinski definition) is 5. The van der Waals surface area contributed by atoms with Crippen molar-refractivity contribution in [3.05, 3.63) is 30.0 Å². The van der Waals surface area contributed by atoms with Crippen molar-refractivity contribution in [1.82, 2.24) is 15.0 Å². The average molecular weight is 393 g/mol. The molecule has 0 unspecified atom stereocenters. The molecule has 1 aromatic heterocycles. The predicted molar refractivity (Wildman–Crippen MR) is 104 cm³/mol. The quantitative estimate of drug-likeness (QED) is 0.859. The van der Waals surface area contributed by atoms with E-state index >= 15 is 0 Å². The van der Waals surface area contributed by atoms with Crippen molar-refractivity contribution in [3.8, 4) is 0 Å². The van der Waals surface area contributed by atoms with E-state index in [9.17, 15) is 9.59 Å². The zero-order valence-corrected chi connectivity index (χ0v) is 16.0. The van der Waals surface area contributed by atoms with E-state index in [-0.39, 0.29) is 30.3 Å². The predicted octanol–water partition coefficient (Wildman–Crippen LogP) is 2.05. The molecule has 27 heavy (non-hydrogen) atoms. The molecule has 2 aliphatic heterocycles. The number of nitrogens with zero attached hydrogens (tertiary/aromatic N) is 3. The summed E-state index contributed by atoms with van der Waals surface area (Å²) in [5.41, 5.74) is 6.31. The first-order valence-corrected chi connectivity index (χ1v) is 9.32. The number of piperidine rings is 2. The van der Waals surface area contributed by atoms with E-state index in [0.717, 1.165) is 31.2 Å². The Hall–Kier alpha value is -2.12. The maximum absolute atomic E-state index is 13.0. The molecule has 2 N–H and O–H groups in total. The molecule has 146 valence electrons. The molecule has 0 aliphatic carbocycles. The molecule has 4 rings (SSSR count). The number of nitrogens with two attached hydrogens (primary N) is 1. The SMILES string of the molecule is Cl.NCCCN1C(=O)CC[C@H]2CN(C(=O)c3onc4ccccc34)CC[C@H]21. The van der Waals surface area contributed by atoms with E-state index in [2.05, 4.69) is 5.16 Å². The molecule has 0 saturated carbocycles. The zero-order valence-electron chi connectivity index (χ0n) is 15.2. The molecule has 0 spiro atoms. The van der Waals surface area contributed by atoms with Gasteiger partial charge in [0.1, 0.15) is 5.52 Å². The van der Waals surface area contributed by atoms with Gasteiger partial charge in [0.2, 0.25) is 11.7 Å². The third-order valence-electron chi connectivity index (χ3n) is 5.61. The van der Waals surface area contributed by atoms with E-state index in [4.69, 9.17) is 10.3 Å². The van der Waals surface area contributed by atoms with Gasteiger partial charge in [-0.3, -0.25) is 9.59 Å². The van der Waals surface area contributed by atoms with Crippen molar-refractivity contribution < 1.29 is 14.1 Å². The Labute approximate surface area is 164 Å². The van der Waals surface area contributed by atoms with Gasteiger partial charge in [-0.2, -0.15) is 0 Å². The molecule has 1 aromatic carbocycles. The number of carbonyl (C=O) groups excluding carboxylic acids is 2. The van der Waals surface area contributed by atoms with Crippen LogP contribution in [0, 0.1) is 5.92 Å². The number of likely N-dealkylation sites (tertiary alicyclic amines) is 2. The van der Waals surface area contributed by atoms with Crippen LogP contribution in [0.2, 0.25) is 0 Å². The van der Waals surface area contributed by atoms with Gasteiger partial charge in [0, 0.05) is 32.1 Å². The topological polar surface area (TPSA) is 92.7 Å². The summed E-state index contributed by atoms with van der Waals surface area (Å²) in [7, 11) is 0. The van der Waals surface area contributed by atoms with Crippen LogP contribution in [0.15, 0.2) is 28.8 Å². The van der Waals surface area contributed by atoms with Crippen LogP contribution in [0.3, 0.4) is 0 Å². The van der Waals surface area contributed by atoms with Gasteiger partial charge < -0.3 is 20.1 Å². The number of aromatic nitrogens is 1. The highest BCUT2D eigenvalue weighted by Crippen LogP contribution is 2.32. The highest BCUT2D eigenvalue weighted by molar-refractivity contribution is 6.03. The highest BCUT2D eigenvalue weighted by Gasteiger charge is 2.40. The standard InChI is InChI=1S/C19H24N4O3.ClH/c20-9-3-10-23-16-8-11-22(12-13(16)6-7-17(23)24)19(25)18-14-4-1-2-5-15(14)21-26-18;/h1-2,4-5,13,16H,3,6-12,20H2;1H/t13-,16+;/m0./s1. The molecule has 8 heteroatoms. The van der Waals surface area contributed by atoms with E-state index in [0.29, 0.717) is 43.2 Å². The Morgan fingerprint density at radius 3 is 2.93 bits per heavy atom.